The third-order valence-corrected chi connectivity index (χ3v) is 5.38. The number of aromatic amines is 1. The average molecular weight is 416 g/mol. The molecule has 3 heterocycles. The van der Waals surface area contributed by atoms with Crippen LogP contribution in [0, 0.1) is 0 Å². The van der Waals surface area contributed by atoms with Crippen LogP contribution in [0.25, 0.3) is 21.5 Å². The van der Waals surface area contributed by atoms with Crippen LogP contribution in [0.1, 0.15) is 5.82 Å². The summed E-state index contributed by atoms with van der Waals surface area (Å²) in [5.41, 5.74) is 0.619. The van der Waals surface area contributed by atoms with E-state index in [0.29, 0.717) is 46.5 Å². The Morgan fingerprint density at radius 1 is 1.29 bits per heavy atom. The highest BCUT2D eigenvalue weighted by atomic mass is 35.5. The van der Waals surface area contributed by atoms with Crippen molar-refractivity contribution < 1.29 is 9.15 Å². The van der Waals surface area contributed by atoms with E-state index in [2.05, 4.69) is 9.97 Å². The zero-order valence-corrected chi connectivity index (χ0v) is 16.7. The second-order valence-corrected chi connectivity index (χ2v) is 7.65. The maximum Gasteiger partial charge on any atom is 0.260 e. The minimum Gasteiger partial charge on any atom is -0.492 e. The van der Waals surface area contributed by atoms with E-state index < -0.39 is 0 Å². The van der Waals surface area contributed by atoms with Crippen LogP contribution < -0.4 is 10.3 Å². The van der Waals surface area contributed by atoms with Gasteiger partial charge in [0.2, 0.25) is 0 Å². The van der Waals surface area contributed by atoms with Crippen LogP contribution in [0.5, 0.6) is 5.75 Å². The zero-order chi connectivity index (χ0) is 19.5. The van der Waals surface area contributed by atoms with Crippen LogP contribution in [0.2, 0.25) is 5.02 Å². The number of aromatic nitrogens is 2. The van der Waals surface area contributed by atoms with Crippen molar-refractivity contribution in [2.45, 2.75) is 6.54 Å². The molecule has 0 unspecified atom stereocenters. The van der Waals surface area contributed by atoms with Gasteiger partial charge in [0.25, 0.3) is 5.56 Å². The summed E-state index contributed by atoms with van der Waals surface area (Å²) in [5.74, 6) is 2.07. The number of halogens is 1. The molecule has 28 heavy (non-hydrogen) atoms. The molecule has 4 aromatic rings. The molecule has 0 amide bonds. The minimum absolute atomic E-state index is 0.154. The lowest BCUT2D eigenvalue weighted by molar-refractivity contribution is 0.230. The molecule has 0 aliphatic carbocycles. The van der Waals surface area contributed by atoms with Crippen molar-refractivity contribution in [3.63, 3.8) is 0 Å². The number of benzene rings is 1. The van der Waals surface area contributed by atoms with Crippen molar-refractivity contribution in [3.8, 4) is 17.1 Å². The number of nitrogens with zero attached hydrogens (tertiary/aromatic N) is 2. The Kier molecular flexibility index (Phi) is 5.47. The van der Waals surface area contributed by atoms with Crippen LogP contribution in [0.3, 0.4) is 0 Å². The number of rotatable bonds is 7. The van der Waals surface area contributed by atoms with E-state index in [0.717, 1.165) is 11.3 Å². The molecule has 1 N–H and O–H groups in total. The summed E-state index contributed by atoms with van der Waals surface area (Å²) in [7, 11) is 1.96. The van der Waals surface area contributed by atoms with Crippen molar-refractivity contribution in [1.82, 2.24) is 14.9 Å². The number of likely N-dealkylation sites (N-methyl/N-ethyl adjacent to an activating group) is 1. The first-order valence-electron chi connectivity index (χ1n) is 8.71. The number of hydrogen-bond acceptors (Lipinski definition) is 6. The van der Waals surface area contributed by atoms with Gasteiger partial charge in [-0.2, -0.15) is 0 Å². The molecule has 0 aliphatic rings. The lowest BCUT2D eigenvalue weighted by Gasteiger charge is -2.16. The Morgan fingerprint density at radius 2 is 2.11 bits per heavy atom. The monoisotopic (exact) mass is 415 g/mol. The standard InChI is InChI=1S/C20H18ClN3O3S/c1-24(8-10-26-14-6-4-13(21)5-7-14)11-17-22-19(25)18-15(12-28-20(18)23-17)16-3-2-9-27-16/h2-7,9,12H,8,10-11H2,1H3,(H,22,23,25). The molecule has 3 aromatic heterocycles. The van der Waals surface area contributed by atoms with Gasteiger partial charge in [-0.3, -0.25) is 9.69 Å². The summed E-state index contributed by atoms with van der Waals surface area (Å²) in [6, 6.07) is 10.9. The fourth-order valence-electron chi connectivity index (χ4n) is 2.87. The van der Waals surface area contributed by atoms with Gasteiger partial charge in [0.1, 0.15) is 28.8 Å². The van der Waals surface area contributed by atoms with E-state index >= 15 is 0 Å². The quantitative estimate of drug-likeness (QED) is 0.484. The second kappa shape index (κ2) is 8.18. The van der Waals surface area contributed by atoms with Gasteiger partial charge in [0.05, 0.1) is 18.2 Å². The number of hydrogen-bond donors (Lipinski definition) is 1. The van der Waals surface area contributed by atoms with Crippen molar-refractivity contribution in [2.24, 2.45) is 0 Å². The molecule has 0 spiro atoms. The van der Waals surface area contributed by atoms with Crippen LogP contribution in [-0.4, -0.2) is 35.1 Å². The van der Waals surface area contributed by atoms with E-state index in [1.807, 2.05) is 35.5 Å². The van der Waals surface area contributed by atoms with E-state index in [4.69, 9.17) is 20.8 Å². The van der Waals surface area contributed by atoms with Crippen molar-refractivity contribution >= 4 is 33.2 Å². The molecule has 4 rings (SSSR count). The maximum atomic E-state index is 12.6. The molecule has 0 saturated carbocycles. The Balaban J connectivity index is 1.41. The zero-order valence-electron chi connectivity index (χ0n) is 15.1. The topological polar surface area (TPSA) is 71.4 Å². The first-order chi connectivity index (χ1) is 13.6. The normalized spacial score (nSPS) is 11.4. The molecule has 0 atom stereocenters. The fourth-order valence-corrected chi connectivity index (χ4v) is 3.94. The Morgan fingerprint density at radius 3 is 2.86 bits per heavy atom. The summed E-state index contributed by atoms with van der Waals surface area (Å²) in [5, 5.41) is 3.15. The van der Waals surface area contributed by atoms with E-state index in [1.54, 1.807) is 24.5 Å². The van der Waals surface area contributed by atoms with E-state index in [9.17, 15) is 4.79 Å². The Hall–Kier alpha value is -2.61. The molecule has 0 aliphatic heterocycles. The highest BCUT2D eigenvalue weighted by Crippen LogP contribution is 2.30. The molecule has 6 nitrogen and oxygen atoms in total. The molecule has 1 aromatic carbocycles. The minimum atomic E-state index is -0.154. The highest BCUT2D eigenvalue weighted by Gasteiger charge is 2.15. The number of thiophene rings is 1. The predicted molar refractivity (Wildman–Crippen MR) is 111 cm³/mol. The van der Waals surface area contributed by atoms with Crippen LogP contribution in [-0.2, 0) is 6.54 Å². The third-order valence-electron chi connectivity index (χ3n) is 4.25. The summed E-state index contributed by atoms with van der Waals surface area (Å²) in [6.45, 7) is 1.72. The molecule has 0 fully saturated rings. The van der Waals surface area contributed by atoms with E-state index in [-0.39, 0.29) is 5.56 Å². The molecule has 0 bridgehead atoms. The summed E-state index contributed by atoms with van der Waals surface area (Å²) in [4.78, 5) is 22.8. The van der Waals surface area contributed by atoms with Gasteiger partial charge in [0, 0.05) is 22.5 Å². The van der Waals surface area contributed by atoms with Crippen molar-refractivity contribution in [1.29, 1.82) is 0 Å². The maximum absolute atomic E-state index is 12.6. The molecule has 0 radical (unpaired) electrons. The average Bonchev–Trinajstić information content (AvgIpc) is 3.32. The smallest absolute Gasteiger partial charge is 0.260 e. The summed E-state index contributed by atoms with van der Waals surface area (Å²) >= 11 is 7.31. The Labute approximate surface area is 170 Å². The predicted octanol–water partition coefficient (Wildman–Crippen LogP) is 4.41. The van der Waals surface area contributed by atoms with Crippen molar-refractivity contribution in [3.05, 3.63) is 69.2 Å². The van der Waals surface area contributed by atoms with Gasteiger partial charge < -0.3 is 14.1 Å². The third kappa shape index (κ3) is 4.11. The first kappa shape index (κ1) is 18.7. The lowest BCUT2D eigenvalue weighted by Crippen LogP contribution is -2.26. The number of furan rings is 1. The van der Waals surface area contributed by atoms with Gasteiger partial charge in [-0.05, 0) is 43.4 Å². The van der Waals surface area contributed by atoms with Gasteiger partial charge in [-0.1, -0.05) is 11.6 Å². The lowest BCUT2D eigenvalue weighted by atomic mass is 10.2. The molecule has 8 heteroatoms. The SMILES string of the molecule is CN(CCOc1ccc(Cl)cc1)Cc1nc2scc(-c3ccco3)c2c(=O)[nH]1. The number of ether oxygens (including phenoxy) is 1. The first-order valence-corrected chi connectivity index (χ1v) is 9.97. The molecule has 144 valence electrons. The highest BCUT2D eigenvalue weighted by molar-refractivity contribution is 7.17. The van der Waals surface area contributed by atoms with Crippen LogP contribution in [0.4, 0.5) is 0 Å². The van der Waals surface area contributed by atoms with E-state index in [1.165, 1.54) is 11.3 Å². The Bertz CT molecular complexity index is 1120. The largest absolute Gasteiger partial charge is 0.492 e. The summed E-state index contributed by atoms with van der Waals surface area (Å²) < 4.78 is 11.1. The molecular weight excluding hydrogens is 398 g/mol. The fraction of sp³-hybridized carbons (Fsp3) is 0.200. The summed E-state index contributed by atoms with van der Waals surface area (Å²) in [6.07, 6.45) is 1.59. The van der Waals surface area contributed by atoms with Gasteiger partial charge in [-0.25, -0.2) is 4.98 Å². The van der Waals surface area contributed by atoms with Crippen molar-refractivity contribution in [2.75, 3.05) is 20.2 Å². The van der Waals surface area contributed by atoms with Gasteiger partial charge in [-0.15, -0.1) is 11.3 Å². The number of fused-ring (bicyclic) bond motifs is 1. The molecular formula is C20H18ClN3O3S. The van der Waals surface area contributed by atoms with Gasteiger partial charge >= 0.3 is 0 Å². The number of nitrogens with one attached hydrogen (secondary N) is 1. The van der Waals surface area contributed by atoms with Crippen LogP contribution >= 0.6 is 22.9 Å². The second-order valence-electron chi connectivity index (χ2n) is 6.36. The number of H-pyrrole nitrogens is 1. The van der Waals surface area contributed by atoms with Crippen LogP contribution in [0.15, 0.2) is 57.3 Å². The molecule has 0 saturated heterocycles. The van der Waals surface area contributed by atoms with Gasteiger partial charge in [0.15, 0.2) is 0 Å².